The van der Waals surface area contributed by atoms with Crippen molar-refractivity contribution in [1.82, 2.24) is 14.9 Å². The van der Waals surface area contributed by atoms with Crippen LogP contribution in [0.25, 0.3) is 0 Å². The van der Waals surface area contributed by atoms with E-state index in [9.17, 15) is 18.0 Å². The number of pyridine rings is 2. The number of nitrogen functional groups attached to an aromatic ring is 1. The van der Waals surface area contributed by atoms with Crippen molar-refractivity contribution in [2.75, 3.05) is 12.3 Å². The second kappa shape index (κ2) is 6.81. The highest BCUT2D eigenvalue weighted by atomic mass is 19.4. The van der Waals surface area contributed by atoms with Crippen molar-refractivity contribution in [3.05, 3.63) is 47.3 Å². The Labute approximate surface area is 147 Å². The number of halogens is 3. The molecule has 3 rings (SSSR count). The van der Waals surface area contributed by atoms with Crippen LogP contribution in [0.3, 0.4) is 0 Å². The van der Waals surface area contributed by atoms with Gasteiger partial charge in [-0.1, -0.05) is 6.07 Å². The second-order valence-electron chi connectivity index (χ2n) is 5.97. The number of amides is 1. The Morgan fingerprint density at radius 2 is 2.08 bits per heavy atom. The number of carbonyl (C=O) groups is 1. The maximum absolute atomic E-state index is 12.6. The summed E-state index contributed by atoms with van der Waals surface area (Å²) >= 11 is 0. The van der Waals surface area contributed by atoms with Crippen LogP contribution in [0, 0.1) is 0 Å². The highest BCUT2D eigenvalue weighted by molar-refractivity contribution is 5.99. The molecule has 2 aromatic heterocycles. The lowest BCUT2D eigenvalue weighted by Gasteiger charge is -2.24. The van der Waals surface area contributed by atoms with E-state index in [0.717, 1.165) is 5.56 Å². The average Bonchev–Trinajstić information content (AvgIpc) is 2.92. The minimum absolute atomic E-state index is 0.106. The Hall–Kier alpha value is -2.84. The number of hydrogen-bond donors (Lipinski definition) is 1. The number of alkyl halides is 3. The van der Waals surface area contributed by atoms with Crippen LogP contribution in [-0.4, -0.2) is 33.6 Å². The smallest absolute Gasteiger partial charge is 0.392 e. The molecule has 1 aliphatic rings. The molecule has 9 heteroatoms. The van der Waals surface area contributed by atoms with Crippen LogP contribution in [0.1, 0.15) is 40.9 Å². The molecule has 6 nitrogen and oxygen atoms in total. The maximum atomic E-state index is 12.6. The van der Waals surface area contributed by atoms with Crippen LogP contribution >= 0.6 is 0 Å². The molecule has 0 aliphatic carbocycles. The summed E-state index contributed by atoms with van der Waals surface area (Å²) in [5.41, 5.74) is 7.80. The van der Waals surface area contributed by atoms with Gasteiger partial charge in [0.1, 0.15) is 5.82 Å². The first kappa shape index (κ1) is 18.0. The van der Waals surface area contributed by atoms with Gasteiger partial charge in [0, 0.05) is 29.6 Å². The monoisotopic (exact) mass is 366 g/mol. The molecule has 0 bridgehead atoms. The zero-order valence-corrected chi connectivity index (χ0v) is 14.0. The van der Waals surface area contributed by atoms with Crippen LogP contribution in [0.15, 0.2) is 30.6 Å². The molecule has 1 unspecified atom stereocenters. The Bertz CT molecular complexity index is 809. The van der Waals surface area contributed by atoms with Gasteiger partial charge in [0.25, 0.3) is 5.91 Å². The van der Waals surface area contributed by atoms with E-state index in [1.807, 2.05) is 6.92 Å². The van der Waals surface area contributed by atoms with Gasteiger partial charge in [-0.25, -0.2) is 9.97 Å². The fraction of sp³-hybridized carbons (Fsp3) is 0.353. The number of carbonyl (C=O) groups excluding carboxylic acids is 1. The molecule has 2 N–H and O–H groups in total. The molecule has 0 saturated carbocycles. The number of hydrogen-bond acceptors (Lipinski definition) is 5. The molecule has 26 heavy (non-hydrogen) atoms. The van der Waals surface area contributed by atoms with E-state index in [4.69, 9.17) is 10.5 Å². The highest BCUT2D eigenvalue weighted by Crippen LogP contribution is 2.33. The van der Waals surface area contributed by atoms with Crippen molar-refractivity contribution in [2.45, 2.75) is 32.1 Å². The molecule has 138 valence electrons. The van der Waals surface area contributed by atoms with E-state index in [2.05, 4.69) is 9.97 Å². The number of aromatic nitrogens is 2. The molecule has 0 aromatic carbocycles. The normalized spacial score (nSPS) is 15.1. The van der Waals surface area contributed by atoms with E-state index < -0.39 is 19.2 Å². The third-order valence-corrected chi connectivity index (χ3v) is 4.25. The van der Waals surface area contributed by atoms with Crippen LogP contribution in [0.4, 0.5) is 19.0 Å². The first-order valence-electron chi connectivity index (χ1n) is 7.96. The summed E-state index contributed by atoms with van der Waals surface area (Å²) in [4.78, 5) is 22.2. The number of ether oxygens (including phenoxy) is 1. The number of nitrogens with two attached hydrogens (primary N) is 1. The van der Waals surface area contributed by atoms with Crippen molar-refractivity contribution < 1.29 is 22.7 Å². The van der Waals surface area contributed by atoms with Gasteiger partial charge < -0.3 is 15.4 Å². The lowest BCUT2D eigenvalue weighted by molar-refractivity contribution is -0.139. The van der Waals surface area contributed by atoms with Crippen LogP contribution in [0.2, 0.25) is 0 Å². The number of anilines is 1. The fourth-order valence-electron chi connectivity index (χ4n) is 2.76. The molecular weight excluding hydrogens is 349 g/mol. The highest BCUT2D eigenvalue weighted by Gasteiger charge is 2.33. The Morgan fingerprint density at radius 3 is 2.69 bits per heavy atom. The molecule has 3 heterocycles. The fourth-order valence-corrected chi connectivity index (χ4v) is 2.76. The summed E-state index contributed by atoms with van der Waals surface area (Å²) in [5.74, 6) is 0.291. The Morgan fingerprint density at radius 1 is 1.31 bits per heavy atom. The van der Waals surface area contributed by atoms with Crippen LogP contribution < -0.4 is 10.5 Å². The van der Waals surface area contributed by atoms with Gasteiger partial charge in [-0.3, -0.25) is 4.79 Å². The molecule has 0 radical (unpaired) electrons. The van der Waals surface area contributed by atoms with E-state index >= 15 is 0 Å². The van der Waals surface area contributed by atoms with Crippen molar-refractivity contribution in [2.24, 2.45) is 0 Å². The first-order valence-corrected chi connectivity index (χ1v) is 7.96. The largest absolute Gasteiger partial charge is 0.477 e. The lowest BCUT2D eigenvalue weighted by Crippen LogP contribution is -2.27. The third-order valence-electron chi connectivity index (χ3n) is 4.25. The van der Waals surface area contributed by atoms with Crippen LogP contribution in [-0.2, 0) is 6.54 Å². The van der Waals surface area contributed by atoms with Crippen LogP contribution in [0.5, 0.6) is 5.88 Å². The van der Waals surface area contributed by atoms with Crippen molar-refractivity contribution >= 4 is 11.7 Å². The topological polar surface area (TPSA) is 81.3 Å². The Kier molecular flexibility index (Phi) is 4.71. The number of nitrogens with zero attached hydrogens (tertiary/aromatic N) is 3. The molecule has 1 amide bonds. The van der Waals surface area contributed by atoms with Crippen molar-refractivity contribution in [3.8, 4) is 5.88 Å². The lowest BCUT2D eigenvalue weighted by atomic mass is 10.1. The quantitative estimate of drug-likeness (QED) is 0.879. The summed E-state index contributed by atoms with van der Waals surface area (Å²) < 4.78 is 41.4. The van der Waals surface area contributed by atoms with E-state index in [0.29, 0.717) is 23.5 Å². The number of fused-ring (bicyclic) bond motifs is 1. The molecule has 0 saturated heterocycles. The predicted octanol–water partition coefficient (Wildman–Crippen LogP) is 3.11. The second-order valence-corrected chi connectivity index (χ2v) is 5.97. The Balaban J connectivity index is 1.67. The molecule has 1 atom stereocenters. The number of rotatable bonds is 5. The van der Waals surface area contributed by atoms with Crippen molar-refractivity contribution in [1.29, 1.82) is 0 Å². The molecule has 0 fully saturated rings. The van der Waals surface area contributed by atoms with Gasteiger partial charge in [0.2, 0.25) is 5.88 Å². The zero-order valence-electron chi connectivity index (χ0n) is 14.0. The summed E-state index contributed by atoms with van der Waals surface area (Å²) in [6.07, 6.45) is -2.32. The summed E-state index contributed by atoms with van der Waals surface area (Å²) in [5, 5.41) is 0. The summed E-state index contributed by atoms with van der Waals surface area (Å²) in [6, 6.07) is 4.52. The molecule has 0 spiro atoms. The summed E-state index contributed by atoms with van der Waals surface area (Å²) in [6.45, 7) is 1.70. The van der Waals surface area contributed by atoms with Gasteiger partial charge in [-0.05, 0) is 18.6 Å². The van der Waals surface area contributed by atoms with E-state index in [-0.39, 0.29) is 17.8 Å². The average molecular weight is 366 g/mol. The van der Waals surface area contributed by atoms with Gasteiger partial charge in [0.05, 0.1) is 25.6 Å². The van der Waals surface area contributed by atoms with Gasteiger partial charge >= 0.3 is 6.18 Å². The maximum Gasteiger partial charge on any atom is 0.392 e. The van der Waals surface area contributed by atoms with Gasteiger partial charge in [-0.2, -0.15) is 13.2 Å². The third kappa shape index (κ3) is 3.71. The minimum atomic E-state index is -4.27. The standard InChI is InChI=1S/C17H17F3N4O2/c1-10(24-9-13-12(16(24)25)4-6-22-15(13)21)11-2-3-14(23-8-11)26-7-5-17(18,19)20/h2-4,6,8,10H,5,7,9H2,1H3,(H2,21,22). The van der Waals surface area contributed by atoms with Crippen molar-refractivity contribution in [3.63, 3.8) is 0 Å². The minimum Gasteiger partial charge on any atom is -0.477 e. The SMILES string of the molecule is CC(c1ccc(OCCC(F)(F)F)nc1)N1Cc2c(ccnc2N)C1=O. The van der Waals surface area contributed by atoms with E-state index in [1.54, 1.807) is 17.0 Å². The first-order chi connectivity index (χ1) is 12.3. The van der Waals surface area contributed by atoms with Gasteiger partial charge in [-0.15, -0.1) is 0 Å². The molecule has 1 aliphatic heterocycles. The van der Waals surface area contributed by atoms with E-state index in [1.165, 1.54) is 18.5 Å². The molecule has 2 aromatic rings. The summed E-state index contributed by atoms with van der Waals surface area (Å²) in [7, 11) is 0. The predicted molar refractivity (Wildman–Crippen MR) is 87.3 cm³/mol. The zero-order chi connectivity index (χ0) is 18.9. The van der Waals surface area contributed by atoms with Gasteiger partial charge in [0.15, 0.2) is 0 Å². The molecular formula is C17H17F3N4O2.